The van der Waals surface area contributed by atoms with Gasteiger partial charge in [0.15, 0.2) is 6.29 Å². The van der Waals surface area contributed by atoms with Crippen molar-refractivity contribution in [2.75, 3.05) is 19.8 Å². The van der Waals surface area contributed by atoms with Gasteiger partial charge in [0, 0.05) is 24.5 Å². The molecular weight excluding hydrogens is 270 g/mol. The second-order valence-corrected chi connectivity index (χ2v) is 5.65. The SMILES string of the molecule is CCNC(Cc1ccc(Cl)s1)C(OCC)OCC. The normalized spacial score (nSPS) is 13.2. The van der Waals surface area contributed by atoms with Crippen LogP contribution in [0, 0.1) is 0 Å². The summed E-state index contributed by atoms with van der Waals surface area (Å²) in [4.78, 5) is 1.25. The lowest BCUT2D eigenvalue weighted by molar-refractivity contribution is -0.153. The summed E-state index contributed by atoms with van der Waals surface area (Å²) in [5.41, 5.74) is 0. The average molecular weight is 292 g/mol. The van der Waals surface area contributed by atoms with E-state index in [0.29, 0.717) is 13.2 Å². The zero-order valence-electron chi connectivity index (χ0n) is 11.2. The van der Waals surface area contributed by atoms with Gasteiger partial charge in [-0.1, -0.05) is 18.5 Å². The van der Waals surface area contributed by atoms with Gasteiger partial charge in [-0.15, -0.1) is 11.3 Å². The number of hydrogen-bond donors (Lipinski definition) is 1. The molecule has 1 unspecified atom stereocenters. The molecule has 1 aromatic heterocycles. The molecule has 0 bridgehead atoms. The largest absolute Gasteiger partial charge is 0.351 e. The first-order chi connectivity index (χ1) is 8.71. The van der Waals surface area contributed by atoms with E-state index in [1.54, 1.807) is 11.3 Å². The van der Waals surface area contributed by atoms with Gasteiger partial charge in [-0.2, -0.15) is 0 Å². The number of rotatable bonds is 9. The van der Waals surface area contributed by atoms with E-state index in [-0.39, 0.29) is 12.3 Å². The highest BCUT2D eigenvalue weighted by Gasteiger charge is 2.22. The van der Waals surface area contributed by atoms with Gasteiger partial charge in [-0.25, -0.2) is 0 Å². The highest BCUT2D eigenvalue weighted by atomic mass is 35.5. The van der Waals surface area contributed by atoms with Crippen LogP contribution in [0.2, 0.25) is 4.34 Å². The lowest BCUT2D eigenvalue weighted by Crippen LogP contribution is -2.44. The van der Waals surface area contributed by atoms with Crippen LogP contribution in [0.5, 0.6) is 0 Å². The van der Waals surface area contributed by atoms with Crippen molar-refractivity contribution in [3.05, 3.63) is 21.3 Å². The van der Waals surface area contributed by atoms with Gasteiger partial charge >= 0.3 is 0 Å². The maximum Gasteiger partial charge on any atom is 0.173 e. The second kappa shape index (κ2) is 8.88. The van der Waals surface area contributed by atoms with Crippen molar-refractivity contribution in [3.63, 3.8) is 0 Å². The van der Waals surface area contributed by atoms with Gasteiger partial charge in [-0.3, -0.25) is 0 Å². The zero-order chi connectivity index (χ0) is 13.4. The second-order valence-electron chi connectivity index (χ2n) is 3.85. The van der Waals surface area contributed by atoms with Crippen LogP contribution in [0.1, 0.15) is 25.6 Å². The van der Waals surface area contributed by atoms with Crippen molar-refractivity contribution in [2.24, 2.45) is 0 Å². The van der Waals surface area contributed by atoms with Crippen LogP contribution in [-0.4, -0.2) is 32.1 Å². The fraction of sp³-hybridized carbons (Fsp3) is 0.692. The van der Waals surface area contributed by atoms with Crippen LogP contribution in [-0.2, 0) is 15.9 Å². The highest BCUT2D eigenvalue weighted by molar-refractivity contribution is 7.16. The highest BCUT2D eigenvalue weighted by Crippen LogP contribution is 2.23. The van der Waals surface area contributed by atoms with E-state index >= 15 is 0 Å². The number of nitrogens with one attached hydrogen (secondary N) is 1. The fourth-order valence-corrected chi connectivity index (χ4v) is 2.96. The van der Waals surface area contributed by atoms with Crippen LogP contribution in [0.25, 0.3) is 0 Å². The minimum atomic E-state index is -0.208. The number of likely N-dealkylation sites (N-methyl/N-ethyl adjacent to an activating group) is 1. The van der Waals surface area contributed by atoms with Gasteiger partial charge in [0.05, 0.1) is 10.4 Å². The molecule has 0 amide bonds. The van der Waals surface area contributed by atoms with Crippen molar-refractivity contribution in [3.8, 4) is 0 Å². The molecule has 18 heavy (non-hydrogen) atoms. The molecule has 0 spiro atoms. The predicted octanol–water partition coefficient (Wildman–Crippen LogP) is 3.32. The Morgan fingerprint density at radius 1 is 1.22 bits per heavy atom. The maximum atomic E-state index is 5.96. The monoisotopic (exact) mass is 291 g/mol. The van der Waals surface area contributed by atoms with Gasteiger partial charge in [0.1, 0.15) is 0 Å². The Bertz CT molecular complexity index is 327. The molecule has 0 aromatic carbocycles. The van der Waals surface area contributed by atoms with E-state index in [9.17, 15) is 0 Å². The molecule has 0 radical (unpaired) electrons. The standard InChI is InChI=1S/C13H22ClNO2S/c1-4-15-11(13(16-5-2)17-6-3)9-10-7-8-12(14)18-10/h7-8,11,13,15H,4-6,9H2,1-3H3. The number of hydrogen-bond acceptors (Lipinski definition) is 4. The summed E-state index contributed by atoms with van der Waals surface area (Å²) < 4.78 is 12.1. The Balaban J connectivity index is 2.66. The van der Waals surface area contributed by atoms with E-state index in [1.165, 1.54) is 4.88 Å². The molecule has 1 rings (SSSR count). The van der Waals surface area contributed by atoms with Gasteiger partial charge in [-0.05, 0) is 32.5 Å². The molecule has 0 saturated carbocycles. The van der Waals surface area contributed by atoms with E-state index in [1.807, 2.05) is 19.9 Å². The molecule has 1 N–H and O–H groups in total. The lowest BCUT2D eigenvalue weighted by Gasteiger charge is -2.27. The Hall–Kier alpha value is -0.130. The average Bonchev–Trinajstić information content (AvgIpc) is 2.74. The fourth-order valence-electron chi connectivity index (χ4n) is 1.81. The third-order valence-electron chi connectivity index (χ3n) is 2.51. The Morgan fingerprint density at radius 3 is 2.33 bits per heavy atom. The smallest absolute Gasteiger partial charge is 0.173 e. The summed E-state index contributed by atoms with van der Waals surface area (Å²) in [5, 5.41) is 3.42. The molecule has 0 fully saturated rings. The third-order valence-corrected chi connectivity index (χ3v) is 3.76. The summed E-state index contributed by atoms with van der Waals surface area (Å²) in [6.45, 7) is 8.24. The van der Waals surface area contributed by atoms with Crippen LogP contribution in [0.3, 0.4) is 0 Å². The van der Waals surface area contributed by atoms with Crippen molar-refractivity contribution in [1.82, 2.24) is 5.32 Å². The molecule has 1 atom stereocenters. The summed E-state index contributed by atoms with van der Waals surface area (Å²) in [6, 6.07) is 4.15. The van der Waals surface area contributed by atoms with Crippen LogP contribution < -0.4 is 5.32 Å². The molecule has 104 valence electrons. The lowest BCUT2D eigenvalue weighted by atomic mass is 10.1. The molecule has 0 aliphatic heterocycles. The zero-order valence-corrected chi connectivity index (χ0v) is 12.8. The number of thiophene rings is 1. The van der Waals surface area contributed by atoms with Crippen LogP contribution in [0.4, 0.5) is 0 Å². The van der Waals surface area contributed by atoms with Crippen molar-refractivity contribution in [1.29, 1.82) is 0 Å². The van der Waals surface area contributed by atoms with Crippen molar-refractivity contribution < 1.29 is 9.47 Å². The predicted molar refractivity (Wildman–Crippen MR) is 77.5 cm³/mol. The van der Waals surface area contributed by atoms with Gasteiger partial charge < -0.3 is 14.8 Å². The van der Waals surface area contributed by atoms with Crippen molar-refractivity contribution >= 4 is 22.9 Å². The Kier molecular flexibility index (Phi) is 7.86. The molecule has 0 aliphatic rings. The van der Waals surface area contributed by atoms with E-state index in [0.717, 1.165) is 17.3 Å². The Morgan fingerprint density at radius 2 is 1.89 bits per heavy atom. The molecule has 0 saturated heterocycles. The van der Waals surface area contributed by atoms with E-state index in [2.05, 4.69) is 18.3 Å². The molecule has 1 heterocycles. The van der Waals surface area contributed by atoms with Crippen molar-refractivity contribution in [2.45, 2.75) is 39.5 Å². The summed E-state index contributed by atoms with van der Waals surface area (Å²) in [5.74, 6) is 0. The first kappa shape index (κ1) is 15.9. The topological polar surface area (TPSA) is 30.5 Å². The van der Waals surface area contributed by atoms with Gasteiger partial charge in [0.25, 0.3) is 0 Å². The molecule has 1 aromatic rings. The van der Waals surface area contributed by atoms with Crippen LogP contribution >= 0.6 is 22.9 Å². The maximum absolute atomic E-state index is 5.96. The molecule has 3 nitrogen and oxygen atoms in total. The Labute approximate surface area is 118 Å². The molecule has 0 aliphatic carbocycles. The van der Waals surface area contributed by atoms with Gasteiger partial charge in [0.2, 0.25) is 0 Å². The molecule has 5 heteroatoms. The minimum absolute atomic E-state index is 0.157. The first-order valence-corrected chi connectivity index (χ1v) is 7.61. The quantitative estimate of drug-likeness (QED) is 0.708. The number of ether oxygens (including phenoxy) is 2. The third kappa shape index (κ3) is 5.24. The summed E-state index contributed by atoms with van der Waals surface area (Å²) in [7, 11) is 0. The first-order valence-electron chi connectivity index (χ1n) is 6.42. The minimum Gasteiger partial charge on any atom is -0.351 e. The molecular formula is C13H22ClNO2S. The van der Waals surface area contributed by atoms with E-state index < -0.39 is 0 Å². The van der Waals surface area contributed by atoms with Crippen LogP contribution in [0.15, 0.2) is 12.1 Å². The summed E-state index contributed by atoms with van der Waals surface area (Å²) >= 11 is 7.57. The van der Waals surface area contributed by atoms with E-state index in [4.69, 9.17) is 21.1 Å². The number of halogens is 1. The summed E-state index contributed by atoms with van der Waals surface area (Å²) in [6.07, 6.45) is 0.663.